The smallest absolute Gasteiger partial charge is 0.0314 e. The number of unbranched alkanes of at least 4 members (excludes halogenated alkanes) is 12. The number of nitrogen functional groups attached to an aromatic ring is 1. The van der Waals surface area contributed by atoms with Gasteiger partial charge in [-0.3, -0.25) is 0 Å². The molecule has 2 aromatic carbocycles. The van der Waals surface area contributed by atoms with Crippen molar-refractivity contribution in [3.63, 3.8) is 0 Å². The molecule has 0 aliphatic rings. The quantitative estimate of drug-likeness (QED) is 0.218. The Hall–Kier alpha value is -1.76. The Bertz CT molecular complexity index is 686. The summed E-state index contributed by atoms with van der Waals surface area (Å²) in [5.41, 5.74) is 12.3. The molecule has 30 heavy (non-hydrogen) atoms. The number of aryl methyl sites for hydroxylation is 2. The van der Waals surface area contributed by atoms with Crippen LogP contribution in [0.5, 0.6) is 0 Å². The van der Waals surface area contributed by atoms with Crippen LogP contribution in [-0.4, -0.2) is 0 Å². The van der Waals surface area contributed by atoms with E-state index in [0.717, 1.165) is 12.1 Å². The zero-order valence-electron chi connectivity index (χ0n) is 19.7. The van der Waals surface area contributed by atoms with Gasteiger partial charge in [-0.05, 0) is 60.6 Å². The molecule has 0 unspecified atom stereocenters. The van der Waals surface area contributed by atoms with Crippen LogP contribution in [0.2, 0.25) is 0 Å². The Balaban J connectivity index is 1.52. The van der Waals surface area contributed by atoms with Gasteiger partial charge in [0.1, 0.15) is 0 Å². The van der Waals surface area contributed by atoms with Crippen LogP contribution in [0.3, 0.4) is 0 Å². The topological polar surface area (TPSA) is 26.0 Å². The van der Waals surface area contributed by atoms with Gasteiger partial charge >= 0.3 is 0 Å². The lowest BCUT2D eigenvalue weighted by Gasteiger charge is -2.09. The van der Waals surface area contributed by atoms with Crippen molar-refractivity contribution < 1.29 is 0 Å². The number of rotatable bonds is 16. The minimum Gasteiger partial charge on any atom is -0.399 e. The normalized spacial score (nSPS) is 11.1. The second-order valence-electron chi connectivity index (χ2n) is 9.17. The second-order valence-corrected chi connectivity index (χ2v) is 9.17. The SMILES string of the molecule is CCCCCCCCCCCCCCCc1ccc(Cc2ccc(N)cc2)cc1C. The van der Waals surface area contributed by atoms with Crippen LogP contribution < -0.4 is 5.73 Å². The van der Waals surface area contributed by atoms with Crippen LogP contribution >= 0.6 is 0 Å². The second kappa shape index (κ2) is 15.1. The van der Waals surface area contributed by atoms with E-state index in [0.29, 0.717) is 0 Å². The maximum absolute atomic E-state index is 5.79. The fourth-order valence-corrected chi connectivity index (χ4v) is 4.35. The summed E-state index contributed by atoms with van der Waals surface area (Å²) < 4.78 is 0. The van der Waals surface area contributed by atoms with E-state index in [2.05, 4.69) is 44.2 Å². The van der Waals surface area contributed by atoms with E-state index in [1.165, 1.54) is 112 Å². The summed E-state index contributed by atoms with van der Waals surface area (Å²) >= 11 is 0. The van der Waals surface area contributed by atoms with Gasteiger partial charge in [-0.1, -0.05) is 114 Å². The average molecular weight is 408 g/mol. The lowest BCUT2D eigenvalue weighted by molar-refractivity contribution is 0.539. The van der Waals surface area contributed by atoms with Crippen molar-refractivity contribution in [2.45, 2.75) is 110 Å². The zero-order valence-corrected chi connectivity index (χ0v) is 19.7. The van der Waals surface area contributed by atoms with Crippen molar-refractivity contribution in [2.75, 3.05) is 5.73 Å². The lowest BCUT2D eigenvalue weighted by atomic mass is 9.96. The van der Waals surface area contributed by atoms with Crippen molar-refractivity contribution in [2.24, 2.45) is 0 Å². The van der Waals surface area contributed by atoms with Crippen molar-refractivity contribution in [1.29, 1.82) is 0 Å². The molecular weight excluding hydrogens is 362 g/mol. The summed E-state index contributed by atoms with van der Waals surface area (Å²) in [6.07, 6.45) is 20.7. The van der Waals surface area contributed by atoms with Crippen LogP contribution in [0.15, 0.2) is 42.5 Å². The third-order valence-corrected chi connectivity index (χ3v) is 6.34. The Morgan fingerprint density at radius 1 is 0.600 bits per heavy atom. The predicted molar refractivity (Wildman–Crippen MR) is 134 cm³/mol. The third kappa shape index (κ3) is 10.3. The Morgan fingerprint density at radius 3 is 1.63 bits per heavy atom. The first kappa shape index (κ1) is 24.5. The molecule has 0 amide bonds. The van der Waals surface area contributed by atoms with Crippen LogP contribution in [0.4, 0.5) is 5.69 Å². The molecule has 0 bridgehead atoms. The van der Waals surface area contributed by atoms with E-state index in [1.54, 1.807) is 0 Å². The van der Waals surface area contributed by atoms with Gasteiger partial charge in [0.05, 0.1) is 0 Å². The molecule has 0 aliphatic carbocycles. The largest absolute Gasteiger partial charge is 0.399 e. The van der Waals surface area contributed by atoms with Gasteiger partial charge in [-0.15, -0.1) is 0 Å². The van der Waals surface area contributed by atoms with Gasteiger partial charge in [0.25, 0.3) is 0 Å². The molecule has 166 valence electrons. The van der Waals surface area contributed by atoms with Crippen LogP contribution in [0, 0.1) is 6.92 Å². The van der Waals surface area contributed by atoms with E-state index in [1.807, 2.05) is 12.1 Å². The van der Waals surface area contributed by atoms with Gasteiger partial charge in [0.15, 0.2) is 0 Å². The number of hydrogen-bond acceptors (Lipinski definition) is 1. The lowest BCUT2D eigenvalue weighted by Crippen LogP contribution is -1.95. The molecular formula is C29H45N. The molecule has 0 atom stereocenters. The number of nitrogens with two attached hydrogens (primary N) is 1. The molecule has 0 saturated carbocycles. The van der Waals surface area contributed by atoms with Crippen molar-refractivity contribution in [3.8, 4) is 0 Å². The van der Waals surface area contributed by atoms with E-state index in [9.17, 15) is 0 Å². The number of hydrogen-bond donors (Lipinski definition) is 1. The van der Waals surface area contributed by atoms with Gasteiger partial charge in [0, 0.05) is 5.69 Å². The molecule has 0 radical (unpaired) electrons. The highest BCUT2D eigenvalue weighted by Gasteiger charge is 2.02. The molecule has 0 fully saturated rings. The molecule has 2 N–H and O–H groups in total. The molecule has 0 saturated heterocycles. The summed E-state index contributed by atoms with van der Waals surface area (Å²) in [5.74, 6) is 0. The first-order valence-electron chi connectivity index (χ1n) is 12.6. The minimum absolute atomic E-state index is 0.836. The molecule has 1 nitrogen and oxygen atoms in total. The minimum atomic E-state index is 0.836. The average Bonchev–Trinajstić information content (AvgIpc) is 2.74. The van der Waals surface area contributed by atoms with E-state index in [4.69, 9.17) is 5.73 Å². The van der Waals surface area contributed by atoms with Crippen molar-refractivity contribution in [3.05, 3.63) is 64.7 Å². The predicted octanol–water partition coefficient (Wildman–Crippen LogP) is 8.80. The summed E-state index contributed by atoms with van der Waals surface area (Å²) in [5, 5.41) is 0. The monoisotopic (exact) mass is 407 g/mol. The summed E-state index contributed by atoms with van der Waals surface area (Å²) in [4.78, 5) is 0. The summed E-state index contributed by atoms with van der Waals surface area (Å²) in [7, 11) is 0. The molecule has 1 heteroatoms. The van der Waals surface area contributed by atoms with Gasteiger partial charge < -0.3 is 5.73 Å². The molecule has 0 aliphatic heterocycles. The van der Waals surface area contributed by atoms with E-state index < -0.39 is 0 Å². The first-order chi connectivity index (χ1) is 14.7. The van der Waals surface area contributed by atoms with Crippen LogP contribution in [0.1, 0.15) is 113 Å². The first-order valence-corrected chi connectivity index (χ1v) is 12.6. The highest BCUT2D eigenvalue weighted by atomic mass is 14.5. The summed E-state index contributed by atoms with van der Waals surface area (Å²) in [6.45, 7) is 4.56. The standard InChI is InChI=1S/C29H45N/c1-3-4-5-6-7-8-9-10-11-12-13-14-15-16-28-20-17-27(23-25(28)2)24-26-18-21-29(30)22-19-26/h17-23H,3-16,24,30H2,1-2H3. The molecule has 2 aromatic rings. The number of benzene rings is 2. The van der Waals surface area contributed by atoms with E-state index in [-0.39, 0.29) is 0 Å². The van der Waals surface area contributed by atoms with E-state index >= 15 is 0 Å². The molecule has 0 spiro atoms. The van der Waals surface area contributed by atoms with Crippen molar-refractivity contribution in [1.82, 2.24) is 0 Å². The van der Waals surface area contributed by atoms with Crippen LogP contribution in [0.25, 0.3) is 0 Å². The van der Waals surface area contributed by atoms with Gasteiger partial charge in [-0.2, -0.15) is 0 Å². The Labute approximate surface area is 186 Å². The maximum atomic E-state index is 5.79. The van der Waals surface area contributed by atoms with Gasteiger partial charge in [0.2, 0.25) is 0 Å². The highest BCUT2D eigenvalue weighted by Crippen LogP contribution is 2.19. The number of anilines is 1. The maximum Gasteiger partial charge on any atom is 0.0314 e. The fourth-order valence-electron chi connectivity index (χ4n) is 4.35. The van der Waals surface area contributed by atoms with Crippen LogP contribution in [-0.2, 0) is 12.8 Å². The third-order valence-electron chi connectivity index (χ3n) is 6.34. The zero-order chi connectivity index (χ0) is 21.4. The molecule has 0 aromatic heterocycles. The van der Waals surface area contributed by atoms with Crippen molar-refractivity contribution >= 4 is 5.69 Å². The Kier molecular flexibility index (Phi) is 12.3. The molecule has 0 heterocycles. The summed E-state index contributed by atoms with van der Waals surface area (Å²) in [6, 6.07) is 15.3. The van der Waals surface area contributed by atoms with Gasteiger partial charge in [-0.25, -0.2) is 0 Å². The molecule has 2 rings (SSSR count). The fraction of sp³-hybridized carbons (Fsp3) is 0.586. The Morgan fingerprint density at radius 2 is 1.10 bits per heavy atom. The highest BCUT2D eigenvalue weighted by molar-refractivity contribution is 5.41.